The van der Waals surface area contributed by atoms with E-state index in [2.05, 4.69) is 4.98 Å². The molecule has 6 nitrogen and oxygen atoms in total. The Kier molecular flexibility index (Phi) is 4.44. The maximum Gasteiger partial charge on any atom is 0.284 e. The predicted octanol–water partition coefficient (Wildman–Crippen LogP) is 2.28. The van der Waals surface area contributed by atoms with E-state index in [1.807, 2.05) is 0 Å². The zero-order valence-electron chi connectivity index (χ0n) is 10.4. The Bertz CT molecular complexity index is 647. The summed E-state index contributed by atoms with van der Waals surface area (Å²) in [5.74, 6) is -0.331. The number of aromatic nitrogens is 1. The van der Waals surface area contributed by atoms with E-state index in [0.29, 0.717) is 9.92 Å². The largest absolute Gasteiger partial charge is 0.324 e. The van der Waals surface area contributed by atoms with Crippen molar-refractivity contribution in [1.29, 1.82) is 0 Å². The molecule has 0 fully saturated rings. The van der Waals surface area contributed by atoms with E-state index in [0.717, 1.165) is 0 Å². The highest BCUT2D eigenvalue weighted by Crippen LogP contribution is 2.34. The van der Waals surface area contributed by atoms with Gasteiger partial charge in [-0.3, -0.25) is 14.9 Å². The maximum absolute atomic E-state index is 11.5. The average Bonchev–Trinajstić information content (AvgIpc) is 2.47. The summed E-state index contributed by atoms with van der Waals surface area (Å²) >= 11 is 1.18. The highest BCUT2D eigenvalue weighted by atomic mass is 32.2. The van der Waals surface area contributed by atoms with E-state index < -0.39 is 4.92 Å². The summed E-state index contributed by atoms with van der Waals surface area (Å²) in [5, 5.41) is 11.8. The lowest BCUT2D eigenvalue weighted by Gasteiger charge is -2.04. The summed E-state index contributed by atoms with van der Waals surface area (Å²) < 4.78 is 0. The van der Waals surface area contributed by atoms with Crippen LogP contribution in [0.5, 0.6) is 0 Å². The molecule has 0 saturated carbocycles. The van der Waals surface area contributed by atoms with Gasteiger partial charge in [-0.1, -0.05) is 17.8 Å². The average molecular weight is 289 g/mol. The molecule has 7 heteroatoms. The van der Waals surface area contributed by atoms with Gasteiger partial charge in [0.1, 0.15) is 5.03 Å². The number of carbonyl (C=O) groups excluding carboxylic acids is 1. The van der Waals surface area contributed by atoms with Gasteiger partial charge in [-0.05, 0) is 24.3 Å². The Morgan fingerprint density at radius 2 is 2.15 bits per heavy atom. The third-order valence-corrected chi connectivity index (χ3v) is 3.53. The van der Waals surface area contributed by atoms with Crippen molar-refractivity contribution in [2.24, 2.45) is 5.73 Å². The molecule has 0 atom stereocenters. The smallest absolute Gasteiger partial charge is 0.284 e. The minimum absolute atomic E-state index is 0.125. The maximum atomic E-state index is 11.5. The van der Waals surface area contributed by atoms with Crippen molar-refractivity contribution in [2.45, 2.75) is 9.92 Å². The number of nitrogens with two attached hydrogens (primary N) is 1. The first-order valence-corrected chi connectivity index (χ1v) is 6.54. The van der Waals surface area contributed by atoms with Crippen LogP contribution in [-0.2, 0) is 0 Å². The number of benzene rings is 1. The Balaban J connectivity index is 2.38. The number of nitrogens with zero attached hydrogens (tertiary/aromatic N) is 2. The Morgan fingerprint density at radius 1 is 1.35 bits per heavy atom. The molecule has 0 spiro atoms. The van der Waals surface area contributed by atoms with Crippen LogP contribution in [0.15, 0.2) is 52.5 Å². The molecule has 2 aromatic rings. The van der Waals surface area contributed by atoms with Crippen LogP contribution in [0.25, 0.3) is 0 Å². The molecule has 0 aliphatic heterocycles. The van der Waals surface area contributed by atoms with Gasteiger partial charge in [0.2, 0.25) is 0 Å². The molecule has 0 saturated heterocycles. The molecule has 2 rings (SSSR count). The zero-order valence-corrected chi connectivity index (χ0v) is 11.2. The molecule has 1 heterocycles. The SMILES string of the molecule is NCC(=O)c1ccc(Sc2ccccn2)c([N+](=O)[O-])c1. The lowest BCUT2D eigenvalue weighted by atomic mass is 10.1. The van der Waals surface area contributed by atoms with E-state index in [1.54, 1.807) is 30.5 Å². The highest BCUT2D eigenvalue weighted by molar-refractivity contribution is 7.99. The fraction of sp³-hybridized carbons (Fsp3) is 0.0769. The van der Waals surface area contributed by atoms with E-state index in [1.165, 1.54) is 23.9 Å². The van der Waals surface area contributed by atoms with Gasteiger partial charge in [0, 0.05) is 17.8 Å². The molecular formula is C13H11N3O3S. The van der Waals surface area contributed by atoms with Crippen molar-refractivity contribution < 1.29 is 9.72 Å². The fourth-order valence-corrected chi connectivity index (χ4v) is 2.42. The highest BCUT2D eigenvalue weighted by Gasteiger charge is 2.18. The van der Waals surface area contributed by atoms with Crippen molar-refractivity contribution in [3.63, 3.8) is 0 Å². The van der Waals surface area contributed by atoms with Gasteiger partial charge in [0.05, 0.1) is 16.4 Å². The lowest BCUT2D eigenvalue weighted by molar-refractivity contribution is -0.387. The van der Waals surface area contributed by atoms with E-state index in [4.69, 9.17) is 5.73 Å². The summed E-state index contributed by atoms with van der Waals surface area (Å²) in [6.45, 7) is -0.177. The molecule has 0 bridgehead atoms. The first-order chi connectivity index (χ1) is 9.61. The van der Waals surface area contributed by atoms with Crippen LogP contribution in [0.1, 0.15) is 10.4 Å². The molecule has 1 aromatic carbocycles. The van der Waals surface area contributed by atoms with Crippen LogP contribution < -0.4 is 5.73 Å². The minimum Gasteiger partial charge on any atom is -0.324 e. The topological polar surface area (TPSA) is 99.1 Å². The standard InChI is InChI=1S/C13H11N3O3S/c14-8-11(17)9-4-5-12(10(7-9)16(18)19)20-13-3-1-2-6-15-13/h1-7H,8,14H2. The van der Waals surface area contributed by atoms with E-state index >= 15 is 0 Å². The quantitative estimate of drug-likeness (QED) is 0.515. The van der Waals surface area contributed by atoms with Crippen molar-refractivity contribution in [3.8, 4) is 0 Å². The van der Waals surface area contributed by atoms with Crippen LogP contribution >= 0.6 is 11.8 Å². The monoisotopic (exact) mass is 289 g/mol. The Labute approximate surface area is 119 Å². The number of nitro benzene ring substituents is 1. The molecule has 0 unspecified atom stereocenters. The third-order valence-electron chi connectivity index (χ3n) is 2.52. The molecule has 1 aromatic heterocycles. The molecule has 102 valence electrons. The van der Waals surface area contributed by atoms with Gasteiger partial charge < -0.3 is 5.73 Å². The zero-order chi connectivity index (χ0) is 14.5. The summed E-state index contributed by atoms with van der Waals surface area (Å²) in [4.78, 5) is 26.6. The van der Waals surface area contributed by atoms with Crippen molar-refractivity contribution in [2.75, 3.05) is 6.54 Å². The minimum atomic E-state index is -0.515. The third kappa shape index (κ3) is 3.19. The first-order valence-electron chi connectivity index (χ1n) is 5.72. The number of rotatable bonds is 5. The number of pyridine rings is 1. The van der Waals surface area contributed by atoms with Crippen LogP contribution in [0.4, 0.5) is 5.69 Å². The molecule has 2 N–H and O–H groups in total. The normalized spacial score (nSPS) is 10.2. The number of carbonyl (C=O) groups is 1. The molecule has 0 aliphatic carbocycles. The van der Waals surface area contributed by atoms with Crippen molar-refractivity contribution in [1.82, 2.24) is 4.98 Å². The molecule has 20 heavy (non-hydrogen) atoms. The molecule has 0 aliphatic rings. The van der Waals surface area contributed by atoms with Gasteiger partial charge in [0.25, 0.3) is 5.69 Å². The van der Waals surface area contributed by atoms with Crippen molar-refractivity contribution in [3.05, 3.63) is 58.3 Å². The molecule has 0 amide bonds. The number of Topliss-reactive ketones (excluding diaryl/α,β-unsaturated/α-hetero) is 1. The first kappa shape index (κ1) is 14.2. The van der Waals surface area contributed by atoms with Gasteiger partial charge in [0.15, 0.2) is 5.78 Å². The van der Waals surface area contributed by atoms with Gasteiger partial charge >= 0.3 is 0 Å². The molecular weight excluding hydrogens is 278 g/mol. The second-order valence-corrected chi connectivity index (χ2v) is 4.90. The van der Waals surface area contributed by atoms with E-state index in [-0.39, 0.29) is 23.6 Å². The van der Waals surface area contributed by atoms with Crippen molar-refractivity contribution >= 4 is 23.2 Å². The van der Waals surface area contributed by atoms with Crippen LogP contribution in [0.3, 0.4) is 0 Å². The van der Waals surface area contributed by atoms with E-state index in [9.17, 15) is 14.9 Å². The molecule has 0 radical (unpaired) electrons. The lowest BCUT2D eigenvalue weighted by Crippen LogP contribution is -2.13. The van der Waals surface area contributed by atoms with Crippen LogP contribution in [-0.4, -0.2) is 22.2 Å². The Morgan fingerprint density at radius 3 is 2.75 bits per heavy atom. The number of hydrogen-bond acceptors (Lipinski definition) is 6. The number of ketones is 1. The van der Waals surface area contributed by atoms with Crippen LogP contribution in [0.2, 0.25) is 0 Å². The van der Waals surface area contributed by atoms with Gasteiger partial charge in [-0.25, -0.2) is 4.98 Å². The predicted molar refractivity (Wildman–Crippen MR) is 74.8 cm³/mol. The summed E-state index contributed by atoms with van der Waals surface area (Å²) in [5.41, 5.74) is 5.37. The summed E-state index contributed by atoms with van der Waals surface area (Å²) in [6.07, 6.45) is 1.61. The van der Waals surface area contributed by atoms with Gasteiger partial charge in [-0.15, -0.1) is 0 Å². The number of hydrogen-bond donors (Lipinski definition) is 1. The fourth-order valence-electron chi connectivity index (χ4n) is 1.56. The second kappa shape index (κ2) is 6.27. The van der Waals surface area contributed by atoms with Crippen LogP contribution in [0, 0.1) is 10.1 Å². The summed E-state index contributed by atoms with van der Waals surface area (Å²) in [7, 11) is 0. The number of nitro groups is 1. The van der Waals surface area contributed by atoms with Gasteiger partial charge in [-0.2, -0.15) is 0 Å². The second-order valence-electron chi connectivity index (χ2n) is 3.84. The summed E-state index contributed by atoms with van der Waals surface area (Å²) in [6, 6.07) is 9.65. The Hall–Kier alpha value is -2.25.